The molecule has 1 atom stereocenters. The van der Waals surface area contributed by atoms with Crippen LogP contribution in [0, 0.1) is 0 Å². The highest BCUT2D eigenvalue weighted by molar-refractivity contribution is 6.30. The van der Waals surface area contributed by atoms with E-state index in [0.29, 0.717) is 50.7 Å². The van der Waals surface area contributed by atoms with Crippen molar-refractivity contribution in [2.75, 3.05) is 0 Å². The van der Waals surface area contributed by atoms with Gasteiger partial charge in [0.2, 0.25) is 11.5 Å². The van der Waals surface area contributed by atoms with Gasteiger partial charge in [0.25, 0.3) is 0 Å². The van der Waals surface area contributed by atoms with Gasteiger partial charge in [-0.05, 0) is 52.9 Å². The molecule has 1 amide bonds. The number of amides is 1. The van der Waals surface area contributed by atoms with E-state index in [9.17, 15) is 19.5 Å². The zero-order chi connectivity index (χ0) is 30.8. The highest BCUT2D eigenvalue weighted by Crippen LogP contribution is 2.26. The lowest BCUT2D eigenvalue weighted by molar-refractivity contribution is -0.117. The number of nitrogens with zero attached hydrogens (tertiary/aromatic N) is 7. The van der Waals surface area contributed by atoms with Crippen LogP contribution in [0.1, 0.15) is 33.5 Å². The zero-order valence-electron chi connectivity index (χ0n) is 23.0. The molecule has 6 rings (SSSR count). The first-order chi connectivity index (χ1) is 21.2. The van der Waals surface area contributed by atoms with E-state index in [1.165, 1.54) is 17.1 Å². The van der Waals surface area contributed by atoms with Crippen molar-refractivity contribution in [2.24, 2.45) is 7.05 Å². The molecular weight excluding hydrogens is 588 g/mol. The Labute approximate surface area is 253 Å². The molecule has 14 nitrogen and oxygen atoms in total. The van der Waals surface area contributed by atoms with Gasteiger partial charge in [0, 0.05) is 58.9 Å². The molecule has 0 aliphatic rings. The van der Waals surface area contributed by atoms with Crippen LogP contribution in [0.25, 0.3) is 33.9 Å². The Morgan fingerprint density at radius 2 is 2.00 bits per heavy atom. The lowest BCUT2D eigenvalue weighted by Gasteiger charge is -2.15. The minimum atomic E-state index is -1.21. The van der Waals surface area contributed by atoms with E-state index >= 15 is 0 Å². The molecule has 4 aromatic heterocycles. The number of carboxylic acid groups (broad SMARTS) is 1. The summed E-state index contributed by atoms with van der Waals surface area (Å²) < 4.78 is 3.13. The third-order valence-electron chi connectivity index (χ3n) is 6.81. The number of imidazole rings is 1. The number of H-pyrrole nitrogens is 2. The van der Waals surface area contributed by atoms with E-state index in [2.05, 4.69) is 40.9 Å². The highest BCUT2D eigenvalue weighted by atomic mass is 35.5. The van der Waals surface area contributed by atoms with Gasteiger partial charge in [0.15, 0.2) is 0 Å². The Kier molecular flexibility index (Phi) is 7.56. The average Bonchev–Trinajstić information content (AvgIpc) is 3.78. The third kappa shape index (κ3) is 6.00. The minimum absolute atomic E-state index is 0.111. The molecule has 0 fully saturated rings. The molecule has 44 heavy (non-hydrogen) atoms. The van der Waals surface area contributed by atoms with Gasteiger partial charge in [-0.1, -0.05) is 17.7 Å². The summed E-state index contributed by atoms with van der Waals surface area (Å²) in [5, 5.41) is 29.1. The molecule has 0 aliphatic heterocycles. The lowest BCUT2D eigenvalue weighted by Crippen LogP contribution is -2.29. The standard InChI is InChI=1S/C29H23ClN10O4/c1-39-9-8-19(36-39)12-23(34-26(41)7-3-17-10-18(30)4-6-25(17)40-15-32-37-38-40)28-31-14-24(35-28)16-2-5-22-20(11-16)21(29(43)44)13-27(42)33-22/h2-11,13-15,23H,12H2,1H3,(H,31,35)(H,33,42)(H,34,41)(H,43,44)/t23-/m0/s1. The normalized spacial score (nSPS) is 12.1. The minimum Gasteiger partial charge on any atom is -0.478 e. The topological polar surface area (TPSA) is 189 Å². The van der Waals surface area contributed by atoms with Crippen LogP contribution in [0.2, 0.25) is 5.02 Å². The lowest BCUT2D eigenvalue weighted by atomic mass is 10.0. The number of benzene rings is 2. The molecule has 0 unspecified atom stereocenters. The van der Waals surface area contributed by atoms with Crippen molar-refractivity contribution >= 4 is 40.5 Å². The second-order valence-corrected chi connectivity index (χ2v) is 10.3. The Hall–Kier alpha value is -5.89. The highest BCUT2D eigenvalue weighted by Gasteiger charge is 2.20. The molecule has 0 aliphatic carbocycles. The smallest absolute Gasteiger partial charge is 0.336 e. The molecule has 15 heteroatoms. The van der Waals surface area contributed by atoms with Crippen molar-refractivity contribution in [3.8, 4) is 16.9 Å². The van der Waals surface area contributed by atoms with Gasteiger partial charge in [-0.3, -0.25) is 14.3 Å². The number of pyridine rings is 1. The average molecular weight is 611 g/mol. The number of hydrogen-bond donors (Lipinski definition) is 4. The van der Waals surface area contributed by atoms with Crippen LogP contribution in [-0.4, -0.2) is 61.9 Å². The predicted octanol–water partition coefficient (Wildman–Crippen LogP) is 3.09. The summed E-state index contributed by atoms with van der Waals surface area (Å²) >= 11 is 6.20. The predicted molar refractivity (Wildman–Crippen MR) is 160 cm³/mol. The first-order valence-electron chi connectivity index (χ1n) is 13.2. The molecule has 0 saturated carbocycles. The summed E-state index contributed by atoms with van der Waals surface area (Å²) in [6, 6.07) is 12.5. The van der Waals surface area contributed by atoms with Crippen LogP contribution in [0.3, 0.4) is 0 Å². The summed E-state index contributed by atoms with van der Waals surface area (Å²) in [5.41, 5.74) is 3.00. The SMILES string of the molecule is Cn1ccc(C[C@H](NC(=O)C=Cc2cc(Cl)ccc2-n2cnnn2)c2ncc(-c3ccc4[nH]c(=O)cc(C(=O)O)c4c3)[nH]2)n1. The maximum Gasteiger partial charge on any atom is 0.336 e. The van der Waals surface area contributed by atoms with E-state index < -0.39 is 23.5 Å². The Morgan fingerprint density at radius 3 is 2.75 bits per heavy atom. The van der Waals surface area contributed by atoms with Crippen molar-refractivity contribution in [1.29, 1.82) is 0 Å². The van der Waals surface area contributed by atoms with E-state index in [1.807, 2.05) is 6.07 Å². The largest absolute Gasteiger partial charge is 0.478 e. The van der Waals surface area contributed by atoms with Crippen molar-refractivity contribution in [1.82, 2.24) is 50.3 Å². The molecule has 0 radical (unpaired) electrons. The Morgan fingerprint density at radius 1 is 1.14 bits per heavy atom. The molecule has 0 saturated heterocycles. The summed E-state index contributed by atoms with van der Waals surface area (Å²) in [5.74, 6) is -1.14. The number of carbonyl (C=O) groups excluding carboxylic acids is 1. The van der Waals surface area contributed by atoms with Crippen molar-refractivity contribution in [2.45, 2.75) is 12.5 Å². The second-order valence-electron chi connectivity index (χ2n) is 9.83. The number of carbonyl (C=O) groups is 2. The number of carboxylic acids is 1. The van der Waals surface area contributed by atoms with E-state index in [0.717, 1.165) is 11.8 Å². The number of aromatic nitrogens is 9. The van der Waals surface area contributed by atoms with Gasteiger partial charge in [0.05, 0.1) is 34.9 Å². The third-order valence-corrected chi connectivity index (χ3v) is 7.04. The van der Waals surface area contributed by atoms with Crippen LogP contribution in [0.4, 0.5) is 0 Å². The Bertz CT molecular complexity index is 2090. The van der Waals surface area contributed by atoms with Gasteiger partial charge in [-0.25, -0.2) is 9.78 Å². The maximum absolute atomic E-state index is 13.2. The number of halogens is 1. The van der Waals surface area contributed by atoms with Gasteiger partial charge in [-0.2, -0.15) is 9.78 Å². The summed E-state index contributed by atoms with van der Waals surface area (Å²) in [7, 11) is 1.80. The summed E-state index contributed by atoms with van der Waals surface area (Å²) in [6.45, 7) is 0. The van der Waals surface area contributed by atoms with Gasteiger partial charge >= 0.3 is 5.97 Å². The zero-order valence-corrected chi connectivity index (χ0v) is 23.7. The molecule has 4 N–H and O–H groups in total. The molecular formula is C29H23ClN10O4. The van der Waals surface area contributed by atoms with E-state index in [-0.39, 0.29) is 5.56 Å². The maximum atomic E-state index is 13.2. The molecule has 0 bridgehead atoms. The molecule has 4 heterocycles. The number of fused-ring (bicyclic) bond motifs is 1. The number of nitrogens with one attached hydrogen (secondary N) is 3. The number of aryl methyl sites for hydroxylation is 1. The van der Waals surface area contributed by atoms with E-state index in [1.54, 1.807) is 66.6 Å². The summed E-state index contributed by atoms with van der Waals surface area (Å²) in [6.07, 6.45) is 8.18. The van der Waals surface area contributed by atoms with Gasteiger partial charge in [-0.15, -0.1) is 5.10 Å². The molecule has 2 aromatic carbocycles. The molecule has 220 valence electrons. The van der Waals surface area contributed by atoms with Crippen LogP contribution >= 0.6 is 11.6 Å². The van der Waals surface area contributed by atoms with Gasteiger partial charge in [0.1, 0.15) is 12.2 Å². The van der Waals surface area contributed by atoms with Crippen molar-refractivity contribution in [3.63, 3.8) is 0 Å². The fraction of sp³-hybridized carbons (Fsp3) is 0.103. The van der Waals surface area contributed by atoms with Crippen LogP contribution < -0.4 is 10.9 Å². The number of rotatable bonds is 9. The monoisotopic (exact) mass is 610 g/mol. The second kappa shape index (κ2) is 11.8. The van der Waals surface area contributed by atoms with Crippen LogP contribution in [-0.2, 0) is 18.3 Å². The van der Waals surface area contributed by atoms with Crippen molar-refractivity contribution < 1.29 is 14.7 Å². The van der Waals surface area contributed by atoms with E-state index in [4.69, 9.17) is 11.6 Å². The fourth-order valence-corrected chi connectivity index (χ4v) is 4.96. The summed E-state index contributed by atoms with van der Waals surface area (Å²) in [4.78, 5) is 47.3. The number of tetrazole rings is 1. The van der Waals surface area contributed by atoms with Crippen molar-refractivity contribution in [3.05, 3.63) is 111 Å². The van der Waals surface area contributed by atoms with Crippen LogP contribution in [0.15, 0.2) is 78.1 Å². The van der Waals surface area contributed by atoms with Crippen LogP contribution in [0.5, 0.6) is 0 Å². The number of aromatic carboxylic acids is 1. The first kappa shape index (κ1) is 28.2. The number of hydrogen-bond acceptors (Lipinski definition) is 8. The quantitative estimate of drug-likeness (QED) is 0.178. The number of aromatic amines is 2. The molecule has 6 aromatic rings. The molecule has 0 spiro atoms. The van der Waals surface area contributed by atoms with Gasteiger partial charge < -0.3 is 20.4 Å². The Balaban J connectivity index is 1.29. The fourth-order valence-electron chi connectivity index (χ4n) is 4.78. The first-order valence-corrected chi connectivity index (χ1v) is 13.6.